The fourth-order valence-electron chi connectivity index (χ4n) is 1.92. The predicted octanol–water partition coefficient (Wildman–Crippen LogP) is 1.44. The lowest BCUT2D eigenvalue weighted by molar-refractivity contribution is -0.148. The minimum atomic E-state index is -2.38. The Morgan fingerprint density at radius 1 is 1.64 bits per heavy atom. The number of nitrogens with zero attached hydrogens (tertiary/aromatic N) is 1. The van der Waals surface area contributed by atoms with E-state index in [0.717, 1.165) is 0 Å². The quantitative estimate of drug-likeness (QED) is 0.758. The highest BCUT2D eigenvalue weighted by molar-refractivity contribution is 5.75. The van der Waals surface area contributed by atoms with E-state index >= 15 is 0 Å². The lowest BCUT2D eigenvalue weighted by Crippen LogP contribution is -2.35. The van der Waals surface area contributed by atoms with Crippen LogP contribution in [0.25, 0.3) is 0 Å². The molecule has 5 heteroatoms. The SMILES string of the molecule is CCC1(C(=O)O)CCN(CC(F)F)C1. The molecule has 0 spiro atoms. The molecule has 1 fully saturated rings. The number of halogens is 2. The summed E-state index contributed by atoms with van der Waals surface area (Å²) in [7, 11) is 0. The first-order valence-corrected chi connectivity index (χ1v) is 4.74. The van der Waals surface area contributed by atoms with Gasteiger partial charge in [-0.3, -0.25) is 9.69 Å². The van der Waals surface area contributed by atoms with Gasteiger partial charge in [0.2, 0.25) is 0 Å². The molecule has 1 saturated heterocycles. The summed E-state index contributed by atoms with van der Waals surface area (Å²) >= 11 is 0. The Morgan fingerprint density at radius 2 is 2.29 bits per heavy atom. The number of carbonyl (C=O) groups is 1. The average Bonchev–Trinajstić information content (AvgIpc) is 2.48. The van der Waals surface area contributed by atoms with Crippen molar-refractivity contribution >= 4 is 5.97 Å². The van der Waals surface area contributed by atoms with E-state index in [1.54, 1.807) is 6.92 Å². The van der Waals surface area contributed by atoms with Crippen LogP contribution in [0.4, 0.5) is 8.78 Å². The van der Waals surface area contributed by atoms with Crippen LogP contribution < -0.4 is 0 Å². The number of alkyl halides is 2. The third kappa shape index (κ3) is 2.20. The Labute approximate surface area is 81.7 Å². The molecular formula is C9H15F2NO2. The van der Waals surface area contributed by atoms with Gasteiger partial charge in [0, 0.05) is 6.54 Å². The van der Waals surface area contributed by atoms with Crippen molar-refractivity contribution in [1.29, 1.82) is 0 Å². The zero-order valence-corrected chi connectivity index (χ0v) is 8.17. The molecule has 0 saturated carbocycles. The second-order valence-electron chi connectivity index (χ2n) is 3.82. The van der Waals surface area contributed by atoms with E-state index in [9.17, 15) is 13.6 Å². The molecule has 0 amide bonds. The molecule has 3 nitrogen and oxygen atoms in total. The smallest absolute Gasteiger partial charge is 0.310 e. The van der Waals surface area contributed by atoms with Gasteiger partial charge in [0.05, 0.1) is 12.0 Å². The number of hydrogen-bond donors (Lipinski definition) is 1. The zero-order chi connectivity index (χ0) is 10.8. The van der Waals surface area contributed by atoms with Crippen LogP contribution in [0.15, 0.2) is 0 Å². The largest absolute Gasteiger partial charge is 0.481 e. The second kappa shape index (κ2) is 4.21. The normalized spacial score (nSPS) is 28.6. The molecule has 1 heterocycles. The van der Waals surface area contributed by atoms with Crippen molar-refractivity contribution in [2.24, 2.45) is 5.41 Å². The van der Waals surface area contributed by atoms with Crippen LogP contribution in [0, 0.1) is 5.41 Å². The molecule has 1 unspecified atom stereocenters. The van der Waals surface area contributed by atoms with Crippen molar-refractivity contribution in [3.8, 4) is 0 Å². The lowest BCUT2D eigenvalue weighted by atomic mass is 9.84. The van der Waals surface area contributed by atoms with Gasteiger partial charge in [0.15, 0.2) is 0 Å². The molecule has 0 aromatic rings. The average molecular weight is 207 g/mol. The van der Waals surface area contributed by atoms with Gasteiger partial charge >= 0.3 is 5.97 Å². The van der Waals surface area contributed by atoms with Crippen LogP contribution in [0.3, 0.4) is 0 Å². The molecule has 1 aliphatic heterocycles. The summed E-state index contributed by atoms with van der Waals surface area (Å²) in [5.74, 6) is -0.864. The van der Waals surface area contributed by atoms with E-state index in [2.05, 4.69) is 0 Å². The molecule has 14 heavy (non-hydrogen) atoms. The minimum Gasteiger partial charge on any atom is -0.481 e. The maximum Gasteiger partial charge on any atom is 0.310 e. The minimum absolute atomic E-state index is 0.253. The Morgan fingerprint density at radius 3 is 2.64 bits per heavy atom. The number of carboxylic acids is 1. The van der Waals surface area contributed by atoms with Gasteiger partial charge in [-0.25, -0.2) is 8.78 Å². The monoisotopic (exact) mass is 207 g/mol. The van der Waals surface area contributed by atoms with Gasteiger partial charge in [-0.1, -0.05) is 6.92 Å². The summed E-state index contributed by atoms with van der Waals surface area (Å²) in [6.07, 6.45) is -1.40. The third-order valence-corrected chi connectivity index (χ3v) is 2.96. The number of aliphatic carboxylic acids is 1. The van der Waals surface area contributed by atoms with Crippen LogP contribution in [0.1, 0.15) is 19.8 Å². The van der Waals surface area contributed by atoms with E-state index in [4.69, 9.17) is 5.11 Å². The third-order valence-electron chi connectivity index (χ3n) is 2.96. The molecule has 0 radical (unpaired) electrons. The van der Waals surface area contributed by atoms with Crippen LogP contribution in [0.5, 0.6) is 0 Å². The Kier molecular flexibility index (Phi) is 3.42. The molecule has 0 aromatic heterocycles. The van der Waals surface area contributed by atoms with E-state index in [1.165, 1.54) is 4.90 Å². The van der Waals surface area contributed by atoms with Gasteiger partial charge in [-0.15, -0.1) is 0 Å². The van der Waals surface area contributed by atoms with E-state index < -0.39 is 17.8 Å². The van der Waals surface area contributed by atoms with Crippen LogP contribution >= 0.6 is 0 Å². The topological polar surface area (TPSA) is 40.5 Å². The highest BCUT2D eigenvalue weighted by Gasteiger charge is 2.43. The van der Waals surface area contributed by atoms with Crippen molar-refractivity contribution in [2.75, 3.05) is 19.6 Å². The summed E-state index contributed by atoms with van der Waals surface area (Å²) in [4.78, 5) is 12.5. The van der Waals surface area contributed by atoms with Crippen molar-refractivity contribution in [2.45, 2.75) is 26.2 Å². The standard InChI is InChI=1S/C9H15F2NO2/c1-2-9(8(13)14)3-4-12(6-9)5-7(10)11/h7H,2-6H2,1H3,(H,13,14). The lowest BCUT2D eigenvalue weighted by Gasteiger charge is -2.22. The summed E-state index contributed by atoms with van der Waals surface area (Å²) in [6.45, 7) is 2.20. The maximum atomic E-state index is 12.1. The molecule has 1 N–H and O–H groups in total. The van der Waals surface area contributed by atoms with Crippen molar-refractivity contribution < 1.29 is 18.7 Å². The maximum absolute atomic E-state index is 12.1. The Hall–Kier alpha value is -0.710. The van der Waals surface area contributed by atoms with E-state index in [0.29, 0.717) is 19.4 Å². The molecule has 0 bridgehead atoms. The number of carboxylic acid groups (broad SMARTS) is 1. The van der Waals surface area contributed by atoms with Crippen molar-refractivity contribution in [3.63, 3.8) is 0 Å². The van der Waals surface area contributed by atoms with Crippen LogP contribution in [-0.2, 0) is 4.79 Å². The van der Waals surface area contributed by atoms with Gasteiger partial charge < -0.3 is 5.11 Å². The molecule has 0 aromatic carbocycles. The number of hydrogen-bond acceptors (Lipinski definition) is 2. The molecule has 0 aliphatic carbocycles. The van der Waals surface area contributed by atoms with Gasteiger partial charge in [0.1, 0.15) is 0 Å². The van der Waals surface area contributed by atoms with Crippen molar-refractivity contribution in [1.82, 2.24) is 4.90 Å². The number of rotatable bonds is 4. The molecule has 82 valence electrons. The molecule has 1 atom stereocenters. The molecule has 1 aliphatic rings. The van der Waals surface area contributed by atoms with Gasteiger partial charge in [0.25, 0.3) is 6.43 Å². The van der Waals surface area contributed by atoms with Crippen LogP contribution in [-0.4, -0.2) is 42.0 Å². The summed E-state index contributed by atoms with van der Waals surface area (Å²) in [6, 6.07) is 0. The number of likely N-dealkylation sites (tertiary alicyclic amines) is 1. The zero-order valence-electron chi connectivity index (χ0n) is 8.17. The summed E-state index contributed by atoms with van der Waals surface area (Å²) in [5, 5.41) is 9.00. The van der Waals surface area contributed by atoms with Crippen molar-refractivity contribution in [3.05, 3.63) is 0 Å². The first-order chi connectivity index (χ1) is 6.50. The van der Waals surface area contributed by atoms with Gasteiger partial charge in [-0.05, 0) is 19.4 Å². The van der Waals surface area contributed by atoms with E-state index in [-0.39, 0.29) is 13.1 Å². The second-order valence-corrected chi connectivity index (χ2v) is 3.82. The fraction of sp³-hybridized carbons (Fsp3) is 0.889. The molecular weight excluding hydrogens is 192 g/mol. The Balaban J connectivity index is 2.57. The Bertz CT molecular complexity index is 223. The van der Waals surface area contributed by atoms with Crippen LogP contribution in [0.2, 0.25) is 0 Å². The first-order valence-electron chi connectivity index (χ1n) is 4.74. The molecule has 1 rings (SSSR count). The summed E-state index contributed by atoms with van der Waals surface area (Å²) < 4.78 is 24.1. The first kappa shape index (κ1) is 11.4. The van der Waals surface area contributed by atoms with Gasteiger partial charge in [-0.2, -0.15) is 0 Å². The van der Waals surface area contributed by atoms with E-state index in [1.807, 2.05) is 0 Å². The highest BCUT2D eigenvalue weighted by Crippen LogP contribution is 2.34. The highest BCUT2D eigenvalue weighted by atomic mass is 19.3. The predicted molar refractivity (Wildman–Crippen MR) is 47.4 cm³/mol. The summed E-state index contributed by atoms with van der Waals surface area (Å²) in [5.41, 5.74) is -0.797. The fourth-order valence-corrected chi connectivity index (χ4v) is 1.92.